The number of nitrogens with zero attached hydrogens (tertiary/aromatic N) is 2. The van der Waals surface area contributed by atoms with Crippen LogP contribution >= 0.6 is 0 Å². The highest BCUT2D eigenvalue weighted by Gasteiger charge is 2.21. The second-order valence-corrected chi connectivity index (χ2v) is 6.73. The summed E-state index contributed by atoms with van der Waals surface area (Å²) in [6, 6.07) is 10.3. The van der Waals surface area contributed by atoms with Crippen molar-refractivity contribution in [2.75, 3.05) is 0 Å². The molecule has 0 atom stereocenters. The van der Waals surface area contributed by atoms with Crippen LogP contribution < -0.4 is 5.32 Å². The van der Waals surface area contributed by atoms with Gasteiger partial charge in [-0.1, -0.05) is 51.1 Å². The normalized spacial score (nSPS) is 11.5. The van der Waals surface area contributed by atoms with Crippen LogP contribution in [0.4, 0.5) is 0 Å². The third kappa shape index (κ3) is 3.75. The third-order valence-corrected chi connectivity index (χ3v) is 3.81. The maximum absolute atomic E-state index is 12.0. The first-order chi connectivity index (χ1) is 10.3. The van der Waals surface area contributed by atoms with E-state index in [1.165, 1.54) is 5.56 Å². The van der Waals surface area contributed by atoms with E-state index in [4.69, 9.17) is 0 Å². The van der Waals surface area contributed by atoms with Crippen LogP contribution in [0.2, 0.25) is 0 Å². The maximum Gasteiger partial charge on any atom is 0.225 e. The summed E-state index contributed by atoms with van der Waals surface area (Å²) in [5.74, 6) is 0.0575. The molecule has 0 fully saturated rings. The minimum absolute atomic E-state index is 0.0575. The Morgan fingerprint density at radius 3 is 2.41 bits per heavy atom. The van der Waals surface area contributed by atoms with Crippen molar-refractivity contribution in [1.82, 2.24) is 15.1 Å². The molecule has 1 aromatic heterocycles. The van der Waals surface area contributed by atoms with Gasteiger partial charge in [0.15, 0.2) is 0 Å². The molecule has 2 rings (SSSR count). The molecule has 0 saturated heterocycles. The molecule has 0 radical (unpaired) electrons. The van der Waals surface area contributed by atoms with Crippen molar-refractivity contribution >= 4 is 5.91 Å². The molecule has 0 aliphatic rings. The van der Waals surface area contributed by atoms with Crippen molar-refractivity contribution in [3.05, 3.63) is 52.8 Å². The second-order valence-electron chi connectivity index (χ2n) is 6.73. The summed E-state index contributed by atoms with van der Waals surface area (Å²) in [5, 5.41) is 7.62. The Bertz CT molecular complexity index is 651. The zero-order valence-corrected chi connectivity index (χ0v) is 14.1. The Labute approximate surface area is 132 Å². The summed E-state index contributed by atoms with van der Waals surface area (Å²) >= 11 is 0. The standard InChI is InChI=1S/C18H25N3O/c1-13-16(11-19-17(22)18(3,4)5)14(2)21(20-13)12-15-9-7-6-8-10-15/h6-10H,11-12H2,1-5H3,(H,19,22). The van der Waals surface area contributed by atoms with Gasteiger partial charge in [0.05, 0.1) is 12.2 Å². The largest absolute Gasteiger partial charge is 0.351 e. The molecule has 1 amide bonds. The summed E-state index contributed by atoms with van der Waals surface area (Å²) in [5.41, 5.74) is 4.03. The first-order valence-corrected chi connectivity index (χ1v) is 7.64. The SMILES string of the molecule is Cc1nn(Cc2ccccc2)c(C)c1CNC(=O)C(C)(C)C. The topological polar surface area (TPSA) is 46.9 Å². The predicted octanol–water partition coefficient (Wildman–Crippen LogP) is 3.21. The summed E-state index contributed by atoms with van der Waals surface area (Å²) in [7, 11) is 0. The fourth-order valence-electron chi connectivity index (χ4n) is 2.33. The van der Waals surface area contributed by atoms with E-state index in [9.17, 15) is 4.79 Å². The van der Waals surface area contributed by atoms with Gasteiger partial charge in [-0.25, -0.2) is 0 Å². The minimum atomic E-state index is -0.373. The fraction of sp³-hybridized carbons (Fsp3) is 0.444. The van der Waals surface area contributed by atoms with Gasteiger partial charge < -0.3 is 5.32 Å². The average Bonchev–Trinajstić information content (AvgIpc) is 2.71. The number of nitrogens with one attached hydrogen (secondary N) is 1. The highest BCUT2D eigenvalue weighted by atomic mass is 16.2. The molecule has 0 bridgehead atoms. The number of aromatic nitrogens is 2. The molecule has 0 aliphatic carbocycles. The highest BCUT2D eigenvalue weighted by molar-refractivity contribution is 5.81. The molecule has 0 aliphatic heterocycles. The maximum atomic E-state index is 12.0. The number of amides is 1. The van der Waals surface area contributed by atoms with E-state index in [1.54, 1.807) is 0 Å². The molecule has 4 heteroatoms. The molecule has 22 heavy (non-hydrogen) atoms. The van der Waals surface area contributed by atoms with Crippen molar-refractivity contribution in [2.45, 2.75) is 47.7 Å². The van der Waals surface area contributed by atoms with Gasteiger partial charge in [0.1, 0.15) is 0 Å². The van der Waals surface area contributed by atoms with Crippen LogP contribution in [-0.2, 0) is 17.9 Å². The van der Waals surface area contributed by atoms with Crippen LogP contribution in [0.15, 0.2) is 30.3 Å². The number of hydrogen-bond donors (Lipinski definition) is 1. The Hall–Kier alpha value is -2.10. The molecule has 0 saturated carbocycles. The molecule has 4 nitrogen and oxygen atoms in total. The van der Waals surface area contributed by atoms with Crippen LogP contribution in [0.25, 0.3) is 0 Å². The molecule has 0 unspecified atom stereocenters. The van der Waals surface area contributed by atoms with E-state index >= 15 is 0 Å². The van der Waals surface area contributed by atoms with Crippen LogP contribution in [0.5, 0.6) is 0 Å². The lowest BCUT2D eigenvalue weighted by Gasteiger charge is -2.17. The van der Waals surface area contributed by atoms with E-state index in [0.29, 0.717) is 6.54 Å². The lowest BCUT2D eigenvalue weighted by molar-refractivity contribution is -0.128. The summed E-state index contributed by atoms with van der Waals surface area (Å²) in [4.78, 5) is 12.0. The Morgan fingerprint density at radius 1 is 1.18 bits per heavy atom. The smallest absolute Gasteiger partial charge is 0.225 e. The minimum Gasteiger partial charge on any atom is -0.351 e. The molecule has 1 aromatic carbocycles. The van der Waals surface area contributed by atoms with E-state index in [2.05, 4.69) is 29.5 Å². The van der Waals surface area contributed by atoms with Crippen LogP contribution in [-0.4, -0.2) is 15.7 Å². The molecular weight excluding hydrogens is 274 g/mol. The monoisotopic (exact) mass is 299 g/mol. The second kappa shape index (κ2) is 6.34. The Morgan fingerprint density at radius 2 is 1.82 bits per heavy atom. The first-order valence-electron chi connectivity index (χ1n) is 7.64. The van der Waals surface area contributed by atoms with Gasteiger partial charge in [0.2, 0.25) is 5.91 Å². The van der Waals surface area contributed by atoms with E-state index in [1.807, 2.05) is 50.6 Å². The molecule has 1 N–H and O–H groups in total. The molecule has 118 valence electrons. The van der Waals surface area contributed by atoms with Crippen molar-refractivity contribution < 1.29 is 4.79 Å². The van der Waals surface area contributed by atoms with Crippen LogP contribution in [0.3, 0.4) is 0 Å². The quantitative estimate of drug-likeness (QED) is 0.942. The fourth-order valence-corrected chi connectivity index (χ4v) is 2.33. The lowest BCUT2D eigenvalue weighted by atomic mass is 9.95. The number of hydrogen-bond acceptors (Lipinski definition) is 2. The van der Waals surface area contributed by atoms with Crippen molar-refractivity contribution in [3.8, 4) is 0 Å². The summed E-state index contributed by atoms with van der Waals surface area (Å²) < 4.78 is 2.00. The third-order valence-electron chi connectivity index (χ3n) is 3.81. The van der Waals surface area contributed by atoms with Crippen molar-refractivity contribution in [2.24, 2.45) is 5.41 Å². The van der Waals surface area contributed by atoms with E-state index < -0.39 is 0 Å². The first kappa shape index (κ1) is 16.3. The van der Waals surface area contributed by atoms with Crippen molar-refractivity contribution in [3.63, 3.8) is 0 Å². The number of carbonyl (C=O) groups is 1. The van der Waals surface area contributed by atoms with Crippen molar-refractivity contribution in [1.29, 1.82) is 0 Å². The molecule has 1 heterocycles. The molecule has 0 spiro atoms. The average molecular weight is 299 g/mol. The lowest BCUT2D eigenvalue weighted by Crippen LogP contribution is -2.34. The van der Waals surface area contributed by atoms with Crippen LogP contribution in [0.1, 0.15) is 43.3 Å². The number of carbonyl (C=O) groups excluding carboxylic acids is 1. The van der Waals surface area contributed by atoms with E-state index in [0.717, 1.165) is 23.5 Å². The molecule has 2 aromatic rings. The number of rotatable bonds is 4. The van der Waals surface area contributed by atoms with Gasteiger partial charge in [0.25, 0.3) is 0 Å². The zero-order chi connectivity index (χ0) is 16.3. The Kier molecular flexibility index (Phi) is 4.69. The predicted molar refractivity (Wildman–Crippen MR) is 88.5 cm³/mol. The van der Waals surface area contributed by atoms with Gasteiger partial charge in [-0.15, -0.1) is 0 Å². The summed E-state index contributed by atoms with van der Waals surface area (Å²) in [6.45, 7) is 11.1. The number of benzene rings is 1. The highest BCUT2D eigenvalue weighted by Crippen LogP contribution is 2.17. The molecular formula is C18H25N3O. The zero-order valence-electron chi connectivity index (χ0n) is 14.1. The van der Waals surface area contributed by atoms with Gasteiger partial charge >= 0.3 is 0 Å². The van der Waals surface area contributed by atoms with E-state index in [-0.39, 0.29) is 11.3 Å². The van der Waals surface area contributed by atoms with Gasteiger partial charge in [-0.2, -0.15) is 5.10 Å². The van der Waals surface area contributed by atoms with Crippen LogP contribution in [0, 0.1) is 19.3 Å². The Balaban J connectivity index is 2.12. The summed E-state index contributed by atoms with van der Waals surface area (Å²) in [6.07, 6.45) is 0. The van der Waals surface area contributed by atoms with Gasteiger partial charge in [-0.05, 0) is 19.4 Å². The van der Waals surface area contributed by atoms with Gasteiger partial charge in [0, 0.05) is 23.2 Å². The van der Waals surface area contributed by atoms with Gasteiger partial charge in [-0.3, -0.25) is 9.48 Å². The number of aryl methyl sites for hydroxylation is 1.